The monoisotopic (exact) mass is 300 g/mol. The highest BCUT2D eigenvalue weighted by Crippen LogP contribution is 2.23. The first-order valence-electron chi connectivity index (χ1n) is 8.77. The zero-order chi connectivity index (χ0) is 15.4. The summed E-state index contributed by atoms with van der Waals surface area (Å²) >= 11 is 0. The van der Waals surface area contributed by atoms with Crippen molar-refractivity contribution >= 4 is 5.91 Å². The molecule has 1 atom stereocenters. The van der Waals surface area contributed by atoms with Gasteiger partial charge in [0, 0.05) is 26.2 Å². The summed E-state index contributed by atoms with van der Waals surface area (Å²) in [5.74, 6) is 1.40. The minimum absolute atomic E-state index is 0.214. The standard InChI is InChI=1S/C19H28N2O/c1-16-9-12-21(13-10-16)19(22)18-8-5-11-20(15-18)14-17-6-3-2-4-7-17/h2-4,6-7,16,18H,5,8-15H2,1H3. The van der Waals surface area contributed by atoms with E-state index in [9.17, 15) is 4.79 Å². The molecule has 2 aliphatic rings. The highest BCUT2D eigenvalue weighted by Gasteiger charge is 2.30. The van der Waals surface area contributed by atoms with Crippen molar-refractivity contribution in [2.24, 2.45) is 11.8 Å². The van der Waals surface area contributed by atoms with Crippen molar-refractivity contribution in [1.29, 1.82) is 0 Å². The van der Waals surface area contributed by atoms with Gasteiger partial charge in [0.15, 0.2) is 0 Å². The van der Waals surface area contributed by atoms with Crippen molar-refractivity contribution < 1.29 is 4.79 Å². The average molecular weight is 300 g/mol. The zero-order valence-electron chi connectivity index (χ0n) is 13.7. The van der Waals surface area contributed by atoms with Crippen LogP contribution in [-0.4, -0.2) is 41.9 Å². The van der Waals surface area contributed by atoms with Crippen molar-refractivity contribution in [3.63, 3.8) is 0 Å². The Labute approximate surface area is 134 Å². The molecule has 0 N–H and O–H groups in total. The predicted molar refractivity (Wildman–Crippen MR) is 89.4 cm³/mol. The van der Waals surface area contributed by atoms with Gasteiger partial charge in [-0.3, -0.25) is 9.69 Å². The van der Waals surface area contributed by atoms with E-state index in [-0.39, 0.29) is 5.92 Å². The highest BCUT2D eigenvalue weighted by atomic mass is 16.2. The van der Waals surface area contributed by atoms with E-state index in [4.69, 9.17) is 0 Å². The molecule has 22 heavy (non-hydrogen) atoms. The summed E-state index contributed by atoms with van der Waals surface area (Å²) in [5, 5.41) is 0. The SMILES string of the molecule is CC1CCN(C(=O)C2CCCN(Cc3ccccc3)C2)CC1. The molecule has 2 aliphatic heterocycles. The van der Waals surface area contributed by atoms with Crippen molar-refractivity contribution in [3.05, 3.63) is 35.9 Å². The molecule has 3 nitrogen and oxygen atoms in total. The van der Waals surface area contributed by atoms with Crippen LogP contribution in [0.3, 0.4) is 0 Å². The van der Waals surface area contributed by atoms with Crippen LogP contribution in [-0.2, 0) is 11.3 Å². The molecule has 1 aromatic rings. The summed E-state index contributed by atoms with van der Waals surface area (Å²) in [7, 11) is 0. The predicted octanol–water partition coefficient (Wildman–Crippen LogP) is 3.16. The van der Waals surface area contributed by atoms with E-state index in [0.717, 1.165) is 51.5 Å². The van der Waals surface area contributed by atoms with Crippen molar-refractivity contribution in [2.75, 3.05) is 26.2 Å². The lowest BCUT2D eigenvalue weighted by atomic mass is 9.93. The van der Waals surface area contributed by atoms with Crippen LogP contribution in [0, 0.1) is 11.8 Å². The smallest absolute Gasteiger partial charge is 0.226 e. The van der Waals surface area contributed by atoms with Crippen LogP contribution >= 0.6 is 0 Å². The van der Waals surface area contributed by atoms with Crippen molar-refractivity contribution in [3.8, 4) is 0 Å². The van der Waals surface area contributed by atoms with Gasteiger partial charge in [-0.15, -0.1) is 0 Å². The second kappa shape index (κ2) is 7.28. The lowest BCUT2D eigenvalue weighted by Gasteiger charge is -2.37. The number of piperidine rings is 2. The summed E-state index contributed by atoms with van der Waals surface area (Å²) < 4.78 is 0. The number of likely N-dealkylation sites (tertiary alicyclic amines) is 2. The molecule has 0 saturated carbocycles. The van der Waals surface area contributed by atoms with E-state index in [1.165, 1.54) is 18.4 Å². The Hall–Kier alpha value is -1.35. The van der Waals surface area contributed by atoms with Gasteiger partial charge in [-0.25, -0.2) is 0 Å². The molecule has 120 valence electrons. The van der Waals surface area contributed by atoms with Crippen molar-refractivity contribution in [2.45, 2.75) is 39.2 Å². The van der Waals surface area contributed by atoms with Gasteiger partial charge in [-0.1, -0.05) is 37.3 Å². The molecule has 2 heterocycles. The number of nitrogens with zero attached hydrogens (tertiary/aromatic N) is 2. The van der Waals surface area contributed by atoms with Crippen LogP contribution < -0.4 is 0 Å². The quantitative estimate of drug-likeness (QED) is 0.856. The maximum atomic E-state index is 12.8. The Morgan fingerprint density at radius 1 is 1.09 bits per heavy atom. The minimum Gasteiger partial charge on any atom is -0.342 e. The van der Waals surface area contributed by atoms with Gasteiger partial charge in [0.05, 0.1) is 5.92 Å². The van der Waals surface area contributed by atoms with E-state index < -0.39 is 0 Å². The first-order valence-corrected chi connectivity index (χ1v) is 8.77. The Bertz CT molecular complexity index is 479. The van der Waals surface area contributed by atoms with Crippen molar-refractivity contribution in [1.82, 2.24) is 9.80 Å². The van der Waals surface area contributed by atoms with E-state index in [1.807, 2.05) is 0 Å². The first kappa shape index (κ1) is 15.5. The molecule has 1 unspecified atom stereocenters. The second-order valence-corrected chi connectivity index (χ2v) is 7.07. The highest BCUT2D eigenvalue weighted by molar-refractivity contribution is 5.79. The summed E-state index contributed by atoms with van der Waals surface area (Å²) in [5.41, 5.74) is 1.35. The number of hydrogen-bond donors (Lipinski definition) is 0. The molecule has 2 saturated heterocycles. The Balaban J connectivity index is 1.55. The fourth-order valence-corrected chi connectivity index (χ4v) is 3.73. The number of amides is 1. The molecule has 2 fully saturated rings. The number of carbonyl (C=O) groups excluding carboxylic acids is 1. The lowest BCUT2D eigenvalue weighted by Crippen LogP contribution is -2.46. The van der Waals surface area contributed by atoms with Gasteiger partial charge >= 0.3 is 0 Å². The molecule has 1 amide bonds. The fraction of sp³-hybridized carbons (Fsp3) is 0.632. The molecule has 3 heteroatoms. The maximum absolute atomic E-state index is 12.8. The molecule has 3 rings (SSSR count). The molecule has 0 bridgehead atoms. The molecule has 0 aliphatic carbocycles. The van der Waals surface area contributed by atoms with E-state index in [0.29, 0.717) is 5.91 Å². The van der Waals surface area contributed by atoms with Crippen LogP contribution in [0.15, 0.2) is 30.3 Å². The van der Waals surface area contributed by atoms with Gasteiger partial charge in [-0.2, -0.15) is 0 Å². The molecule has 0 aromatic heterocycles. The maximum Gasteiger partial charge on any atom is 0.226 e. The van der Waals surface area contributed by atoms with E-state index >= 15 is 0 Å². The number of rotatable bonds is 3. The van der Waals surface area contributed by atoms with E-state index in [2.05, 4.69) is 47.1 Å². The van der Waals surface area contributed by atoms with Crippen LogP contribution in [0.2, 0.25) is 0 Å². The van der Waals surface area contributed by atoms with Crippen LogP contribution in [0.5, 0.6) is 0 Å². The number of hydrogen-bond acceptors (Lipinski definition) is 2. The average Bonchev–Trinajstić information content (AvgIpc) is 2.56. The molecule has 0 radical (unpaired) electrons. The van der Waals surface area contributed by atoms with Crippen LogP contribution in [0.4, 0.5) is 0 Å². The normalized spacial score (nSPS) is 24.4. The summed E-state index contributed by atoms with van der Waals surface area (Å²) in [6, 6.07) is 10.6. The molecular formula is C19H28N2O. The summed E-state index contributed by atoms with van der Waals surface area (Å²) in [6.07, 6.45) is 4.56. The fourth-order valence-electron chi connectivity index (χ4n) is 3.73. The van der Waals surface area contributed by atoms with Gasteiger partial charge in [0.25, 0.3) is 0 Å². The van der Waals surface area contributed by atoms with Crippen LogP contribution in [0.1, 0.15) is 38.2 Å². The number of carbonyl (C=O) groups is 1. The molecule has 0 spiro atoms. The third-order valence-corrected chi connectivity index (χ3v) is 5.20. The topological polar surface area (TPSA) is 23.6 Å². The third kappa shape index (κ3) is 3.89. The third-order valence-electron chi connectivity index (χ3n) is 5.20. The Morgan fingerprint density at radius 3 is 2.55 bits per heavy atom. The lowest BCUT2D eigenvalue weighted by molar-refractivity contribution is -0.138. The van der Waals surface area contributed by atoms with Gasteiger partial charge in [0.1, 0.15) is 0 Å². The largest absolute Gasteiger partial charge is 0.342 e. The Kier molecular flexibility index (Phi) is 5.14. The van der Waals surface area contributed by atoms with Gasteiger partial charge in [-0.05, 0) is 43.7 Å². The van der Waals surface area contributed by atoms with E-state index in [1.54, 1.807) is 0 Å². The van der Waals surface area contributed by atoms with Gasteiger partial charge < -0.3 is 4.90 Å². The zero-order valence-corrected chi connectivity index (χ0v) is 13.7. The molecular weight excluding hydrogens is 272 g/mol. The van der Waals surface area contributed by atoms with Crippen LogP contribution in [0.25, 0.3) is 0 Å². The minimum atomic E-state index is 0.214. The Morgan fingerprint density at radius 2 is 1.82 bits per heavy atom. The molecule has 1 aromatic carbocycles. The number of benzene rings is 1. The summed E-state index contributed by atoms with van der Waals surface area (Å²) in [4.78, 5) is 17.3. The van der Waals surface area contributed by atoms with Gasteiger partial charge in [0.2, 0.25) is 5.91 Å². The first-order chi connectivity index (χ1) is 10.7. The summed E-state index contributed by atoms with van der Waals surface area (Å²) in [6.45, 7) is 7.26. The second-order valence-electron chi connectivity index (χ2n) is 7.07.